The van der Waals surface area contributed by atoms with E-state index in [9.17, 15) is 9.59 Å². The smallest absolute Gasteiger partial charge is 0.330 e. The number of hydrogen-bond acceptors (Lipinski definition) is 4. The van der Waals surface area contributed by atoms with Gasteiger partial charge in [-0.1, -0.05) is 6.07 Å². The monoisotopic (exact) mass is 314 g/mol. The number of aryl methyl sites for hydroxylation is 1. The molecule has 3 rings (SSSR count). The van der Waals surface area contributed by atoms with Crippen LogP contribution in [0.3, 0.4) is 0 Å². The Kier molecular flexibility index (Phi) is 3.88. The average molecular weight is 314 g/mol. The van der Waals surface area contributed by atoms with Crippen LogP contribution in [0.15, 0.2) is 47.8 Å². The van der Waals surface area contributed by atoms with Crippen LogP contribution in [0.1, 0.15) is 20.8 Å². The number of pyridine rings is 1. The lowest BCUT2D eigenvalue weighted by atomic mass is 10.2. The molecule has 0 radical (unpaired) electrons. The predicted molar refractivity (Wildman–Crippen MR) is 84.4 cm³/mol. The van der Waals surface area contributed by atoms with Crippen molar-refractivity contribution in [1.29, 1.82) is 0 Å². The number of nitrogens with one attached hydrogen (secondary N) is 2. The number of aromatic nitrogens is 3. The van der Waals surface area contributed by atoms with Crippen LogP contribution < -0.4 is 11.0 Å². The number of carbonyl (C=O) groups excluding carboxylic acids is 1. The summed E-state index contributed by atoms with van der Waals surface area (Å²) in [5.74, 6) is -0.152. The van der Waals surface area contributed by atoms with Crippen molar-refractivity contribution in [1.82, 2.24) is 19.9 Å². The fraction of sp³-hybridized carbons (Fsp3) is 0.133. The van der Waals surface area contributed by atoms with Gasteiger partial charge in [0, 0.05) is 31.3 Å². The summed E-state index contributed by atoms with van der Waals surface area (Å²) in [4.78, 5) is 31.1. The molecule has 0 atom stereocenters. The minimum atomic E-state index is -0.219. The van der Waals surface area contributed by atoms with Crippen LogP contribution >= 0.6 is 11.3 Å². The second-order valence-corrected chi connectivity index (χ2v) is 5.81. The first-order chi connectivity index (χ1) is 10.6. The highest BCUT2D eigenvalue weighted by atomic mass is 32.1. The van der Waals surface area contributed by atoms with Crippen LogP contribution in [-0.4, -0.2) is 20.4 Å². The molecule has 0 saturated heterocycles. The lowest BCUT2D eigenvalue weighted by Gasteiger charge is -2.04. The standard InChI is InChI=1S/C15H14N4O2S/c1-10-7-12(19-6-5-17-15(19)21)22-13(10)14(20)18-9-11-3-2-4-16-8-11/h2-8H,9H2,1H3,(H,17,21)(H,18,20). The summed E-state index contributed by atoms with van der Waals surface area (Å²) in [5.41, 5.74) is 1.56. The van der Waals surface area contributed by atoms with E-state index >= 15 is 0 Å². The van der Waals surface area contributed by atoms with Crippen molar-refractivity contribution >= 4 is 17.2 Å². The van der Waals surface area contributed by atoms with Gasteiger partial charge in [-0.15, -0.1) is 11.3 Å². The number of aromatic amines is 1. The zero-order valence-electron chi connectivity index (χ0n) is 11.9. The molecule has 0 aliphatic rings. The highest BCUT2D eigenvalue weighted by Gasteiger charge is 2.15. The molecule has 22 heavy (non-hydrogen) atoms. The minimum absolute atomic E-state index is 0.152. The Labute approximate surface area is 130 Å². The zero-order valence-corrected chi connectivity index (χ0v) is 12.7. The summed E-state index contributed by atoms with van der Waals surface area (Å²) in [7, 11) is 0. The van der Waals surface area contributed by atoms with Gasteiger partial charge in [-0.3, -0.25) is 14.3 Å². The molecule has 0 aromatic carbocycles. The molecular formula is C15H14N4O2S. The molecule has 3 heterocycles. The first-order valence-corrected chi connectivity index (χ1v) is 7.51. The average Bonchev–Trinajstić information content (AvgIpc) is 3.11. The van der Waals surface area contributed by atoms with Crippen LogP contribution in [0.2, 0.25) is 0 Å². The number of H-pyrrole nitrogens is 1. The Balaban J connectivity index is 1.77. The van der Waals surface area contributed by atoms with Crippen molar-refractivity contribution in [2.45, 2.75) is 13.5 Å². The van der Waals surface area contributed by atoms with Gasteiger partial charge in [0.15, 0.2) is 0 Å². The van der Waals surface area contributed by atoms with E-state index in [1.165, 1.54) is 15.9 Å². The summed E-state index contributed by atoms with van der Waals surface area (Å²) in [6.07, 6.45) is 6.62. The van der Waals surface area contributed by atoms with Gasteiger partial charge in [-0.2, -0.15) is 0 Å². The van der Waals surface area contributed by atoms with Gasteiger partial charge >= 0.3 is 5.69 Å². The molecule has 3 aromatic rings. The molecular weight excluding hydrogens is 300 g/mol. The predicted octanol–water partition coefficient (Wildman–Crippen LogP) is 1.86. The Morgan fingerprint density at radius 3 is 3.05 bits per heavy atom. The van der Waals surface area contributed by atoms with Crippen LogP contribution in [-0.2, 0) is 6.54 Å². The molecule has 0 unspecified atom stereocenters. The number of amides is 1. The molecule has 0 saturated carbocycles. The quantitative estimate of drug-likeness (QED) is 0.771. The van der Waals surface area contributed by atoms with Crippen molar-refractivity contribution < 1.29 is 4.79 Å². The fourth-order valence-corrected chi connectivity index (χ4v) is 3.14. The molecule has 2 N–H and O–H groups in total. The van der Waals surface area contributed by atoms with Crippen molar-refractivity contribution in [2.75, 3.05) is 0 Å². The van der Waals surface area contributed by atoms with Gasteiger partial charge < -0.3 is 10.3 Å². The number of imidazole rings is 1. The number of thiophene rings is 1. The third-order valence-corrected chi connectivity index (χ3v) is 4.41. The first-order valence-electron chi connectivity index (χ1n) is 6.69. The molecule has 7 heteroatoms. The van der Waals surface area contributed by atoms with Gasteiger partial charge in [-0.05, 0) is 30.2 Å². The summed E-state index contributed by atoms with van der Waals surface area (Å²) in [6.45, 7) is 2.28. The SMILES string of the molecule is Cc1cc(-n2cc[nH]c2=O)sc1C(=O)NCc1cccnc1. The van der Waals surface area contributed by atoms with Crippen molar-refractivity contribution in [3.05, 3.63) is 69.5 Å². The maximum Gasteiger partial charge on any atom is 0.330 e. The maximum atomic E-state index is 12.3. The number of rotatable bonds is 4. The maximum absolute atomic E-state index is 12.3. The summed E-state index contributed by atoms with van der Waals surface area (Å²) >= 11 is 1.29. The molecule has 0 bridgehead atoms. The molecule has 0 aliphatic heterocycles. The highest BCUT2D eigenvalue weighted by molar-refractivity contribution is 7.16. The lowest BCUT2D eigenvalue weighted by Crippen LogP contribution is -2.22. The Morgan fingerprint density at radius 1 is 1.50 bits per heavy atom. The largest absolute Gasteiger partial charge is 0.347 e. The number of carbonyl (C=O) groups is 1. The summed E-state index contributed by atoms with van der Waals surface area (Å²) in [6, 6.07) is 5.56. The van der Waals surface area contributed by atoms with Gasteiger partial charge in [-0.25, -0.2) is 4.79 Å². The normalized spacial score (nSPS) is 10.6. The number of hydrogen-bond donors (Lipinski definition) is 2. The molecule has 3 aromatic heterocycles. The van der Waals surface area contributed by atoms with E-state index in [4.69, 9.17) is 0 Å². The van der Waals surface area contributed by atoms with Gasteiger partial charge in [0.25, 0.3) is 5.91 Å². The van der Waals surface area contributed by atoms with Crippen LogP contribution in [0.5, 0.6) is 0 Å². The van der Waals surface area contributed by atoms with Crippen LogP contribution in [0, 0.1) is 6.92 Å². The molecule has 112 valence electrons. The van der Waals surface area contributed by atoms with E-state index in [0.29, 0.717) is 11.4 Å². The molecule has 6 nitrogen and oxygen atoms in total. The minimum Gasteiger partial charge on any atom is -0.347 e. The van der Waals surface area contributed by atoms with Crippen LogP contribution in [0.4, 0.5) is 0 Å². The molecule has 0 aliphatic carbocycles. The third-order valence-electron chi connectivity index (χ3n) is 3.17. The Morgan fingerprint density at radius 2 is 2.36 bits per heavy atom. The summed E-state index contributed by atoms with van der Waals surface area (Å²) in [5, 5.41) is 3.58. The van der Waals surface area contributed by atoms with E-state index in [2.05, 4.69) is 15.3 Å². The van der Waals surface area contributed by atoms with E-state index in [1.54, 1.807) is 24.8 Å². The van der Waals surface area contributed by atoms with Crippen molar-refractivity contribution in [2.24, 2.45) is 0 Å². The first kappa shape index (κ1) is 14.3. The molecule has 0 fully saturated rings. The fourth-order valence-electron chi connectivity index (χ4n) is 2.07. The third kappa shape index (κ3) is 2.84. The second kappa shape index (κ2) is 5.98. The van der Waals surface area contributed by atoms with E-state index in [-0.39, 0.29) is 11.6 Å². The van der Waals surface area contributed by atoms with Gasteiger partial charge in [0.1, 0.15) is 5.00 Å². The second-order valence-electron chi connectivity index (χ2n) is 4.78. The summed E-state index contributed by atoms with van der Waals surface area (Å²) < 4.78 is 1.48. The molecule has 0 spiro atoms. The molecule has 1 amide bonds. The van der Waals surface area contributed by atoms with E-state index in [1.807, 2.05) is 25.1 Å². The van der Waals surface area contributed by atoms with Crippen LogP contribution in [0.25, 0.3) is 5.00 Å². The lowest BCUT2D eigenvalue weighted by molar-refractivity contribution is 0.0954. The van der Waals surface area contributed by atoms with E-state index < -0.39 is 0 Å². The van der Waals surface area contributed by atoms with Crippen molar-refractivity contribution in [3.63, 3.8) is 0 Å². The topological polar surface area (TPSA) is 79.8 Å². The highest BCUT2D eigenvalue weighted by Crippen LogP contribution is 2.24. The Hall–Kier alpha value is -2.67. The van der Waals surface area contributed by atoms with Gasteiger partial charge in [0.2, 0.25) is 0 Å². The number of nitrogens with zero attached hydrogens (tertiary/aromatic N) is 2. The zero-order chi connectivity index (χ0) is 15.5. The van der Waals surface area contributed by atoms with E-state index in [0.717, 1.165) is 16.1 Å². The van der Waals surface area contributed by atoms with Crippen molar-refractivity contribution in [3.8, 4) is 5.00 Å². The van der Waals surface area contributed by atoms with Gasteiger partial charge in [0.05, 0.1) is 4.88 Å². The Bertz CT molecular complexity index is 848.